The van der Waals surface area contributed by atoms with E-state index < -0.39 is 0 Å². The molecule has 0 bridgehead atoms. The van der Waals surface area contributed by atoms with E-state index in [9.17, 15) is 0 Å². The monoisotopic (exact) mass is 426 g/mol. The number of pyridine rings is 1. The quantitative estimate of drug-likeness (QED) is 0.452. The first-order valence-electron chi connectivity index (χ1n) is 11.0. The Morgan fingerprint density at radius 2 is 1.81 bits per heavy atom. The first-order chi connectivity index (χ1) is 15.8. The number of ether oxygens (including phenoxy) is 2. The maximum absolute atomic E-state index is 5.94. The Morgan fingerprint density at radius 1 is 0.906 bits per heavy atom. The van der Waals surface area contributed by atoms with E-state index in [4.69, 9.17) is 9.47 Å². The van der Waals surface area contributed by atoms with Gasteiger partial charge in [-0.1, -0.05) is 24.3 Å². The summed E-state index contributed by atoms with van der Waals surface area (Å²) in [5.41, 5.74) is 3.58. The van der Waals surface area contributed by atoms with Gasteiger partial charge in [0.1, 0.15) is 5.75 Å². The highest BCUT2D eigenvalue weighted by molar-refractivity contribution is 5.78. The van der Waals surface area contributed by atoms with Crippen LogP contribution < -0.4 is 4.74 Å². The van der Waals surface area contributed by atoms with Crippen LogP contribution in [0.5, 0.6) is 11.8 Å². The number of fused-ring (bicyclic) bond motifs is 1. The minimum Gasteiger partial charge on any atom is -0.424 e. The first-order valence-corrected chi connectivity index (χ1v) is 11.0. The van der Waals surface area contributed by atoms with Gasteiger partial charge in [-0.05, 0) is 59.9 Å². The topological polar surface area (TPSA) is 60.4 Å². The molecule has 0 spiro atoms. The van der Waals surface area contributed by atoms with E-state index in [-0.39, 0.29) is 0 Å². The molecule has 6 heteroatoms. The largest absolute Gasteiger partial charge is 0.424 e. The van der Waals surface area contributed by atoms with Crippen molar-refractivity contribution in [2.24, 2.45) is 5.92 Å². The molecule has 0 N–H and O–H groups in total. The second-order valence-corrected chi connectivity index (χ2v) is 8.19. The van der Waals surface area contributed by atoms with Crippen LogP contribution in [0.3, 0.4) is 0 Å². The Balaban J connectivity index is 1.24. The summed E-state index contributed by atoms with van der Waals surface area (Å²) < 4.78 is 11.7. The minimum atomic E-state index is 0.360. The Morgan fingerprint density at radius 3 is 2.75 bits per heavy atom. The van der Waals surface area contributed by atoms with Gasteiger partial charge in [0.2, 0.25) is 0 Å². The van der Waals surface area contributed by atoms with Crippen LogP contribution in [0.25, 0.3) is 10.9 Å². The van der Waals surface area contributed by atoms with Crippen LogP contribution in [-0.4, -0.2) is 46.2 Å². The fourth-order valence-electron chi connectivity index (χ4n) is 4.21. The van der Waals surface area contributed by atoms with E-state index in [1.165, 1.54) is 16.5 Å². The molecule has 0 amide bonds. The molecule has 3 heterocycles. The van der Waals surface area contributed by atoms with Crippen molar-refractivity contribution in [3.8, 4) is 11.8 Å². The third kappa shape index (κ3) is 5.28. The van der Waals surface area contributed by atoms with Crippen molar-refractivity contribution >= 4 is 10.9 Å². The number of nitrogens with zero attached hydrogens (tertiary/aromatic N) is 4. The van der Waals surface area contributed by atoms with Crippen LogP contribution in [0.1, 0.15) is 11.1 Å². The fraction of sp³-hybridized carbons (Fsp3) is 0.269. The van der Waals surface area contributed by atoms with Gasteiger partial charge in [-0.25, -0.2) is 9.97 Å². The lowest BCUT2D eigenvalue weighted by Crippen LogP contribution is -2.30. The zero-order valence-corrected chi connectivity index (χ0v) is 17.9. The van der Waals surface area contributed by atoms with Crippen LogP contribution >= 0.6 is 0 Å². The second kappa shape index (κ2) is 9.85. The minimum absolute atomic E-state index is 0.360. The molecule has 1 aliphatic heterocycles. The molecule has 1 saturated heterocycles. The van der Waals surface area contributed by atoms with Crippen LogP contribution in [0, 0.1) is 5.92 Å². The van der Waals surface area contributed by atoms with Gasteiger partial charge in [0.05, 0.1) is 18.7 Å². The van der Waals surface area contributed by atoms with Gasteiger partial charge in [-0.15, -0.1) is 0 Å². The van der Waals surface area contributed by atoms with E-state index in [1.807, 2.05) is 24.4 Å². The van der Waals surface area contributed by atoms with E-state index >= 15 is 0 Å². The molecule has 4 aromatic rings. The molecule has 1 atom stereocenters. The highest BCUT2D eigenvalue weighted by Gasteiger charge is 2.19. The Hall–Kier alpha value is -3.35. The highest BCUT2D eigenvalue weighted by Crippen LogP contribution is 2.22. The summed E-state index contributed by atoms with van der Waals surface area (Å²) in [5, 5.41) is 1.19. The molecule has 5 rings (SSSR count). The zero-order valence-electron chi connectivity index (χ0n) is 17.9. The number of hydrogen-bond acceptors (Lipinski definition) is 6. The van der Waals surface area contributed by atoms with E-state index in [1.54, 1.807) is 18.5 Å². The predicted molar refractivity (Wildman–Crippen MR) is 124 cm³/mol. The molecule has 0 aliphatic carbocycles. The van der Waals surface area contributed by atoms with Crippen LogP contribution in [0.2, 0.25) is 0 Å². The summed E-state index contributed by atoms with van der Waals surface area (Å²) in [6.45, 7) is 4.32. The van der Waals surface area contributed by atoms with Crippen molar-refractivity contribution in [2.45, 2.75) is 13.0 Å². The molecule has 162 valence electrons. The summed E-state index contributed by atoms with van der Waals surface area (Å²) >= 11 is 0. The molecule has 32 heavy (non-hydrogen) atoms. The van der Waals surface area contributed by atoms with Gasteiger partial charge < -0.3 is 9.47 Å². The molecular weight excluding hydrogens is 400 g/mol. The van der Waals surface area contributed by atoms with Gasteiger partial charge in [0, 0.05) is 43.6 Å². The number of rotatable bonds is 6. The van der Waals surface area contributed by atoms with E-state index in [0.717, 1.165) is 50.5 Å². The summed E-state index contributed by atoms with van der Waals surface area (Å²) in [7, 11) is 0. The molecule has 6 nitrogen and oxygen atoms in total. The van der Waals surface area contributed by atoms with Gasteiger partial charge in [-0.3, -0.25) is 9.88 Å². The first kappa shape index (κ1) is 20.5. The molecule has 2 aromatic heterocycles. The summed E-state index contributed by atoms with van der Waals surface area (Å²) in [6, 6.07) is 21.0. The SMILES string of the molecule is c1cnc(Oc2cccc(CN3CCOC[C@@H](Cc4ccc5ncccc5c4)C3)c2)nc1. The number of benzene rings is 2. The maximum atomic E-state index is 5.94. The van der Waals surface area contributed by atoms with Crippen molar-refractivity contribution in [1.29, 1.82) is 0 Å². The molecule has 2 aromatic carbocycles. The van der Waals surface area contributed by atoms with Crippen molar-refractivity contribution in [1.82, 2.24) is 19.9 Å². The van der Waals surface area contributed by atoms with Crippen LogP contribution in [0.15, 0.2) is 79.3 Å². The van der Waals surface area contributed by atoms with E-state index in [2.05, 4.69) is 56.3 Å². The highest BCUT2D eigenvalue weighted by atomic mass is 16.5. The predicted octanol–water partition coefficient (Wildman–Crippen LogP) is 4.51. The normalized spacial score (nSPS) is 17.2. The number of aromatic nitrogens is 3. The molecular formula is C26H26N4O2. The fourth-order valence-corrected chi connectivity index (χ4v) is 4.21. The Bertz CT molecular complexity index is 1170. The Labute approximate surface area is 187 Å². The Kier molecular flexibility index (Phi) is 6.32. The average Bonchev–Trinajstić information content (AvgIpc) is 3.04. The van der Waals surface area contributed by atoms with Gasteiger partial charge in [0.25, 0.3) is 0 Å². The average molecular weight is 427 g/mol. The lowest BCUT2D eigenvalue weighted by atomic mass is 9.98. The summed E-state index contributed by atoms with van der Waals surface area (Å²) in [4.78, 5) is 15.2. The number of hydrogen-bond donors (Lipinski definition) is 0. The summed E-state index contributed by atoms with van der Waals surface area (Å²) in [5.74, 6) is 1.20. The molecule has 0 saturated carbocycles. The standard InChI is InChI=1S/C26H26N4O2/c1-4-21(16-24(6-1)32-26-28-10-3-11-29-26)17-30-12-13-31-19-22(18-30)14-20-7-8-25-23(15-20)5-2-9-27-25/h1-11,15-16,22H,12-14,17-19H2/t22-/m0/s1. The lowest BCUT2D eigenvalue weighted by Gasteiger charge is -2.23. The molecule has 1 aliphatic rings. The van der Waals surface area contributed by atoms with Gasteiger partial charge >= 0.3 is 6.01 Å². The summed E-state index contributed by atoms with van der Waals surface area (Å²) in [6.07, 6.45) is 6.19. The lowest BCUT2D eigenvalue weighted by molar-refractivity contribution is 0.121. The van der Waals surface area contributed by atoms with Crippen molar-refractivity contribution in [2.75, 3.05) is 26.3 Å². The molecule has 1 fully saturated rings. The smallest absolute Gasteiger partial charge is 0.321 e. The molecule has 0 unspecified atom stereocenters. The third-order valence-corrected chi connectivity index (χ3v) is 5.67. The van der Waals surface area contributed by atoms with E-state index in [0.29, 0.717) is 11.9 Å². The van der Waals surface area contributed by atoms with Crippen molar-refractivity contribution < 1.29 is 9.47 Å². The maximum Gasteiger partial charge on any atom is 0.321 e. The second-order valence-electron chi connectivity index (χ2n) is 8.19. The van der Waals surface area contributed by atoms with Gasteiger partial charge in [-0.2, -0.15) is 0 Å². The third-order valence-electron chi connectivity index (χ3n) is 5.67. The zero-order chi connectivity index (χ0) is 21.6. The molecule has 0 radical (unpaired) electrons. The van der Waals surface area contributed by atoms with Crippen molar-refractivity contribution in [3.05, 3.63) is 90.4 Å². The van der Waals surface area contributed by atoms with Crippen LogP contribution in [0.4, 0.5) is 0 Å². The van der Waals surface area contributed by atoms with Crippen molar-refractivity contribution in [3.63, 3.8) is 0 Å². The van der Waals surface area contributed by atoms with Crippen LogP contribution in [-0.2, 0) is 17.7 Å². The van der Waals surface area contributed by atoms with Gasteiger partial charge in [0.15, 0.2) is 0 Å².